The second-order valence-electron chi connectivity index (χ2n) is 6.84. The van der Waals surface area contributed by atoms with E-state index in [1.165, 1.54) is 5.56 Å². The fraction of sp³-hybridized carbons (Fsp3) is 0.429. The maximum absolute atomic E-state index is 10.6. The van der Waals surface area contributed by atoms with Gasteiger partial charge in [-0.3, -0.25) is 4.90 Å². The average molecular weight is 339 g/mol. The fourth-order valence-electron chi connectivity index (χ4n) is 3.81. The van der Waals surface area contributed by atoms with E-state index in [-0.39, 0.29) is 0 Å². The van der Waals surface area contributed by atoms with Crippen molar-refractivity contribution in [3.63, 3.8) is 0 Å². The first-order chi connectivity index (χ1) is 12.3. The molecule has 0 aliphatic carbocycles. The van der Waals surface area contributed by atoms with E-state index in [0.717, 1.165) is 42.9 Å². The first-order valence-electron chi connectivity index (χ1n) is 9.18. The van der Waals surface area contributed by atoms with E-state index in [1.54, 1.807) is 0 Å². The lowest BCUT2D eigenvalue weighted by molar-refractivity contribution is 0.106. The van der Waals surface area contributed by atoms with Gasteiger partial charge in [-0.05, 0) is 42.6 Å². The van der Waals surface area contributed by atoms with Crippen molar-refractivity contribution >= 4 is 0 Å². The van der Waals surface area contributed by atoms with Gasteiger partial charge in [0, 0.05) is 19.0 Å². The average Bonchev–Trinajstić information content (AvgIpc) is 2.98. The first kappa shape index (κ1) is 16.4. The highest BCUT2D eigenvalue weighted by Crippen LogP contribution is 2.38. The van der Waals surface area contributed by atoms with E-state index >= 15 is 0 Å². The van der Waals surface area contributed by atoms with E-state index in [4.69, 9.17) is 9.47 Å². The van der Waals surface area contributed by atoms with Crippen molar-refractivity contribution in [3.05, 3.63) is 59.7 Å². The normalized spacial score (nSPS) is 21.7. The summed E-state index contributed by atoms with van der Waals surface area (Å²) in [4.78, 5) is 2.39. The number of hydrogen-bond acceptors (Lipinski definition) is 4. The standard InChI is InChI=1S/C21H25NO3/c23-19(16-6-2-1-3-7-16)15-22-11-4-8-18(22)17-9-10-20-21(14-17)25-13-5-12-24-20/h1-3,6-7,9-10,14,18-19,23H,4-5,8,11-13,15H2/t18-,19+/m1/s1. The Balaban J connectivity index is 1.50. The first-order valence-corrected chi connectivity index (χ1v) is 9.18. The van der Waals surface area contributed by atoms with Crippen molar-refractivity contribution in [1.82, 2.24) is 4.90 Å². The summed E-state index contributed by atoms with van der Waals surface area (Å²) in [6.07, 6.45) is 2.73. The molecule has 0 bridgehead atoms. The Morgan fingerprint density at radius 1 is 1.00 bits per heavy atom. The summed E-state index contributed by atoms with van der Waals surface area (Å²) in [5.41, 5.74) is 2.23. The lowest BCUT2D eigenvalue weighted by atomic mass is 10.0. The molecule has 132 valence electrons. The molecule has 1 N–H and O–H groups in total. The van der Waals surface area contributed by atoms with Crippen LogP contribution in [0.1, 0.15) is 42.5 Å². The zero-order chi connectivity index (χ0) is 17.1. The molecule has 25 heavy (non-hydrogen) atoms. The van der Waals surface area contributed by atoms with Gasteiger partial charge >= 0.3 is 0 Å². The van der Waals surface area contributed by atoms with Gasteiger partial charge in [0.1, 0.15) is 0 Å². The van der Waals surface area contributed by atoms with Crippen molar-refractivity contribution in [1.29, 1.82) is 0 Å². The molecule has 1 saturated heterocycles. The van der Waals surface area contributed by atoms with E-state index < -0.39 is 6.10 Å². The molecule has 0 aromatic heterocycles. The zero-order valence-electron chi connectivity index (χ0n) is 14.4. The second-order valence-corrected chi connectivity index (χ2v) is 6.84. The number of benzene rings is 2. The minimum atomic E-state index is -0.456. The summed E-state index contributed by atoms with van der Waals surface area (Å²) in [5, 5.41) is 10.6. The van der Waals surface area contributed by atoms with Gasteiger partial charge in [-0.2, -0.15) is 0 Å². The minimum absolute atomic E-state index is 0.329. The number of aliphatic hydroxyl groups is 1. The van der Waals surface area contributed by atoms with Gasteiger partial charge in [-0.25, -0.2) is 0 Å². The molecule has 0 unspecified atom stereocenters. The van der Waals surface area contributed by atoms with Gasteiger partial charge in [-0.1, -0.05) is 36.4 Å². The van der Waals surface area contributed by atoms with E-state index in [9.17, 15) is 5.11 Å². The summed E-state index contributed by atoms with van der Waals surface area (Å²) in [6.45, 7) is 3.09. The molecule has 2 atom stereocenters. The number of aliphatic hydroxyl groups excluding tert-OH is 1. The monoisotopic (exact) mass is 339 g/mol. The molecule has 0 saturated carbocycles. The van der Waals surface area contributed by atoms with Crippen LogP contribution in [0.15, 0.2) is 48.5 Å². The van der Waals surface area contributed by atoms with Gasteiger partial charge in [0.2, 0.25) is 0 Å². The maximum atomic E-state index is 10.6. The number of hydrogen-bond donors (Lipinski definition) is 1. The van der Waals surface area contributed by atoms with E-state index in [1.807, 2.05) is 36.4 Å². The number of rotatable bonds is 4. The summed E-state index contributed by atoms with van der Waals surface area (Å²) >= 11 is 0. The van der Waals surface area contributed by atoms with Crippen molar-refractivity contribution in [2.75, 3.05) is 26.3 Å². The minimum Gasteiger partial charge on any atom is -0.490 e. The Labute approximate surface area is 149 Å². The topological polar surface area (TPSA) is 41.9 Å². The molecule has 2 aliphatic rings. The zero-order valence-corrected chi connectivity index (χ0v) is 14.4. The van der Waals surface area contributed by atoms with Crippen molar-refractivity contribution in [2.45, 2.75) is 31.4 Å². The Hall–Kier alpha value is -2.04. The number of fused-ring (bicyclic) bond motifs is 1. The van der Waals surface area contributed by atoms with Crippen LogP contribution in [0.25, 0.3) is 0 Å². The highest BCUT2D eigenvalue weighted by atomic mass is 16.5. The molecule has 2 aromatic rings. The van der Waals surface area contributed by atoms with Gasteiger partial charge < -0.3 is 14.6 Å². The van der Waals surface area contributed by atoms with E-state index in [0.29, 0.717) is 25.8 Å². The van der Waals surface area contributed by atoms with Gasteiger partial charge in [0.15, 0.2) is 11.5 Å². The lowest BCUT2D eigenvalue weighted by Crippen LogP contribution is -2.28. The van der Waals surface area contributed by atoms with Crippen LogP contribution in [0.2, 0.25) is 0 Å². The number of β-amino-alcohol motifs (C(OH)–C–C–N with tert-alkyl or cyclic N) is 1. The molecule has 4 rings (SSSR count). The van der Waals surface area contributed by atoms with Gasteiger partial charge in [-0.15, -0.1) is 0 Å². The number of ether oxygens (including phenoxy) is 2. The molecule has 0 spiro atoms. The van der Waals surface area contributed by atoms with Crippen LogP contribution >= 0.6 is 0 Å². The Morgan fingerprint density at radius 3 is 2.64 bits per heavy atom. The lowest BCUT2D eigenvalue weighted by Gasteiger charge is -2.27. The molecule has 4 heteroatoms. The van der Waals surface area contributed by atoms with Gasteiger partial charge in [0.05, 0.1) is 19.3 Å². The Bertz CT molecular complexity index is 704. The van der Waals surface area contributed by atoms with Crippen molar-refractivity contribution < 1.29 is 14.6 Å². The summed E-state index contributed by atoms with van der Waals surface area (Å²) in [5.74, 6) is 1.69. The predicted molar refractivity (Wildman–Crippen MR) is 97.0 cm³/mol. The molecule has 1 fully saturated rings. The molecule has 2 heterocycles. The molecule has 4 nitrogen and oxygen atoms in total. The Morgan fingerprint density at radius 2 is 1.80 bits per heavy atom. The summed E-state index contributed by atoms with van der Waals surface area (Å²) < 4.78 is 11.6. The predicted octanol–water partition coefficient (Wildman–Crippen LogP) is 3.72. The van der Waals surface area contributed by atoms with Crippen molar-refractivity contribution in [2.24, 2.45) is 0 Å². The molecule has 0 radical (unpaired) electrons. The number of likely N-dealkylation sites (tertiary alicyclic amines) is 1. The smallest absolute Gasteiger partial charge is 0.161 e. The largest absolute Gasteiger partial charge is 0.490 e. The maximum Gasteiger partial charge on any atom is 0.161 e. The third kappa shape index (κ3) is 3.65. The van der Waals surface area contributed by atoms with Crippen LogP contribution in [-0.2, 0) is 0 Å². The molecular weight excluding hydrogens is 314 g/mol. The molecular formula is C21H25NO3. The molecule has 0 amide bonds. The molecule has 2 aliphatic heterocycles. The van der Waals surface area contributed by atoms with Crippen LogP contribution in [-0.4, -0.2) is 36.3 Å². The SMILES string of the molecule is O[C@@H](CN1CCC[C@@H]1c1ccc2c(c1)OCCCO2)c1ccccc1. The Kier molecular flexibility index (Phi) is 4.90. The highest BCUT2D eigenvalue weighted by Gasteiger charge is 2.28. The van der Waals surface area contributed by atoms with Crippen molar-refractivity contribution in [3.8, 4) is 11.5 Å². The summed E-state index contributed by atoms with van der Waals surface area (Å²) in [6, 6.07) is 16.5. The van der Waals surface area contributed by atoms with E-state index in [2.05, 4.69) is 17.0 Å². The van der Waals surface area contributed by atoms with Crippen LogP contribution in [0.5, 0.6) is 11.5 Å². The van der Waals surface area contributed by atoms with Crippen LogP contribution < -0.4 is 9.47 Å². The summed E-state index contributed by atoms with van der Waals surface area (Å²) in [7, 11) is 0. The third-order valence-electron chi connectivity index (χ3n) is 5.11. The fourth-order valence-corrected chi connectivity index (χ4v) is 3.81. The van der Waals surface area contributed by atoms with Crippen LogP contribution in [0, 0.1) is 0 Å². The highest BCUT2D eigenvalue weighted by molar-refractivity contribution is 5.44. The third-order valence-corrected chi connectivity index (χ3v) is 5.11. The van der Waals surface area contributed by atoms with Gasteiger partial charge in [0.25, 0.3) is 0 Å². The second kappa shape index (κ2) is 7.46. The van der Waals surface area contributed by atoms with Crippen LogP contribution in [0.3, 0.4) is 0 Å². The molecule has 2 aromatic carbocycles. The van der Waals surface area contributed by atoms with Crippen LogP contribution in [0.4, 0.5) is 0 Å². The number of nitrogens with zero attached hydrogens (tertiary/aromatic N) is 1. The quantitative estimate of drug-likeness (QED) is 0.922.